The van der Waals surface area contributed by atoms with E-state index < -0.39 is 6.16 Å². The summed E-state index contributed by atoms with van der Waals surface area (Å²) in [7, 11) is 0. The highest BCUT2D eigenvalue weighted by molar-refractivity contribution is 5.96. The summed E-state index contributed by atoms with van der Waals surface area (Å²) < 4.78 is 4.40. The van der Waals surface area contributed by atoms with Gasteiger partial charge in [-0.1, -0.05) is 58.3 Å². The third-order valence-corrected chi connectivity index (χ3v) is 3.99. The van der Waals surface area contributed by atoms with E-state index in [4.69, 9.17) is 5.11 Å². The Bertz CT molecular complexity index is 524. The van der Waals surface area contributed by atoms with Gasteiger partial charge in [0.15, 0.2) is 17.3 Å². The number of carbonyl (C=O) groups excluding carboxylic acids is 1. The fourth-order valence-electron chi connectivity index (χ4n) is 2.61. The second kappa shape index (κ2) is 11.5. The second-order valence-electron chi connectivity index (χ2n) is 6.05. The summed E-state index contributed by atoms with van der Waals surface area (Å²) >= 11 is 0. The van der Waals surface area contributed by atoms with Gasteiger partial charge < -0.3 is 14.9 Å². The molecule has 0 amide bonds. The van der Waals surface area contributed by atoms with E-state index in [0.29, 0.717) is 12.0 Å². The molecule has 0 aromatic heterocycles. The van der Waals surface area contributed by atoms with Crippen LogP contribution in [0.4, 0.5) is 4.79 Å². The van der Waals surface area contributed by atoms with Crippen molar-refractivity contribution in [3.8, 4) is 11.5 Å². The van der Waals surface area contributed by atoms with Gasteiger partial charge in [-0.2, -0.15) is 0 Å². The van der Waals surface area contributed by atoms with Gasteiger partial charge in [0.05, 0.1) is 0 Å². The molecule has 5 heteroatoms. The number of phenolic OH excluding ortho intramolecular Hbond substituents is 1. The van der Waals surface area contributed by atoms with Crippen LogP contribution in [0.3, 0.4) is 0 Å². The van der Waals surface area contributed by atoms with Gasteiger partial charge in [0.1, 0.15) is 0 Å². The SMILES string of the molecule is CCCCCCCCCCCC(=O)c1ccc(OC(=O)O)c(O)c1. The van der Waals surface area contributed by atoms with E-state index in [9.17, 15) is 14.7 Å². The van der Waals surface area contributed by atoms with Crippen molar-refractivity contribution >= 4 is 11.9 Å². The van der Waals surface area contributed by atoms with Crippen LogP contribution < -0.4 is 4.74 Å². The van der Waals surface area contributed by atoms with Gasteiger partial charge in [-0.25, -0.2) is 4.79 Å². The number of ketones is 1. The first kappa shape index (κ1) is 20.0. The second-order valence-corrected chi connectivity index (χ2v) is 6.05. The fourth-order valence-corrected chi connectivity index (χ4v) is 2.61. The highest BCUT2D eigenvalue weighted by Gasteiger charge is 2.12. The van der Waals surface area contributed by atoms with Crippen molar-refractivity contribution in [1.82, 2.24) is 0 Å². The molecule has 24 heavy (non-hydrogen) atoms. The van der Waals surface area contributed by atoms with Crippen molar-refractivity contribution in [3.63, 3.8) is 0 Å². The Hall–Kier alpha value is -2.04. The van der Waals surface area contributed by atoms with Crippen LogP contribution in [0.1, 0.15) is 81.5 Å². The zero-order valence-electron chi connectivity index (χ0n) is 14.4. The Labute approximate surface area is 143 Å². The van der Waals surface area contributed by atoms with E-state index in [1.807, 2.05) is 0 Å². The zero-order chi connectivity index (χ0) is 17.8. The highest BCUT2D eigenvalue weighted by Crippen LogP contribution is 2.27. The highest BCUT2D eigenvalue weighted by atomic mass is 16.7. The van der Waals surface area contributed by atoms with Gasteiger partial charge in [-0.05, 0) is 24.6 Å². The van der Waals surface area contributed by atoms with Crippen LogP contribution in [0.25, 0.3) is 0 Å². The number of hydrogen-bond acceptors (Lipinski definition) is 4. The molecule has 0 fully saturated rings. The first-order valence-electron chi connectivity index (χ1n) is 8.81. The molecule has 1 aromatic carbocycles. The Morgan fingerprint density at radius 1 is 0.958 bits per heavy atom. The normalized spacial score (nSPS) is 10.5. The monoisotopic (exact) mass is 336 g/mol. The maximum Gasteiger partial charge on any atom is 0.511 e. The zero-order valence-corrected chi connectivity index (χ0v) is 14.4. The summed E-state index contributed by atoms with van der Waals surface area (Å²) in [6.07, 6.45) is 9.65. The number of aromatic hydroxyl groups is 1. The lowest BCUT2D eigenvalue weighted by Crippen LogP contribution is -2.04. The molecule has 0 spiro atoms. The molecular weight excluding hydrogens is 308 g/mol. The van der Waals surface area contributed by atoms with E-state index in [1.54, 1.807) is 0 Å². The molecule has 0 atom stereocenters. The van der Waals surface area contributed by atoms with Crippen LogP contribution in [-0.4, -0.2) is 22.2 Å². The third kappa shape index (κ3) is 7.99. The number of phenols is 1. The first-order chi connectivity index (χ1) is 11.5. The number of ether oxygens (including phenoxy) is 1. The molecule has 1 rings (SSSR count). The third-order valence-electron chi connectivity index (χ3n) is 3.99. The smallest absolute Gasteiger partial charge is 0.504 e. The van der Waals surface area contributed by atoms with Gasteiger partial charge in [0.2, 0.25) is 0 Å². The number of carboxylic acid groups (broad SMARTS) is 1. The molecule has 134 valence electrons. The molecule has 0 heterocycles. The van der Waals surface area contributed by atoms with Gasteiger partial charge >= 0.3 is 6.16 Å². The minimum absolute atomic E-state index is 0.0462. The molecule has 0 radical (unpaired) electrons. The number of benzene rings is 1. The number of rotatable bonds is 12. The summed E-state index contributed by atoms with van der Waals surface area (Å²) in [5.74, 6) is -0.549. The van der Waals surface area contributed by atoms with Gasteiger partial charge in [-0.15, -0.1) is 0 Å². The molecule has 5 nitrogen and oxygen atoms in total. The largest absolute Gasteiger partial charge is 0.511 e. The Morgan fingerprint density at radius 3 is 2.08 bits per heavy atom. The van der Waals surface area contributed by atoms with E-state index in [0.717, 1.165) is 19.3 Å². The van der Waals surface area contributed by atoms with Crippen LogP contribution in [-0.2, 0) is 0 Å². The number of Topliss-reactive ketones (excluding diaryl/α,β-unsaturated/α-hetero) is 1. The summed E-state index contributed by atoms with van der Waals surface area (Å²) in [5, 5.41) is 18.2. The lowest BCUT2D eigenvalue weighted by atomic mass is 10.0. The predicted octanol–water partition coefficient (Wildman–Crippen LogP) is 5.55. The van der Waals surface area contributed by atoms with E-state index >= 15 is 0 Å². The fraction of sp³-hybridized carbons (Fsp3) is 0.579. The molecule has 0 aliphatic rings. The minimum Gasteiger partial charge on any atom is -0.504 e. The summed E-state index contributed by atoms with van der Waals surface area (Å²) in [5.41, 5.74) is 0.379. The van der Waals surface area contributed by atoms with E-state index in [2.05, 4.69) is 11.7 Å². The molecule has 0 saturated carbocycles. The molecule has 2 N–H and O–H groups in total. The quantitative estimate of drug-likeness (QED) is 0.226. The lowest BCUT2D eigenvalue weighted by Gasteiger charge is -2.06. The van der Waals surface area contributed by atoms with Crippen LogP contribution in [0.15, 0.2) is 18.2 Å². The number of carbonyl (C=O) groups is 2. The van der Waals surface area contributed by atoms with Crippen LogP contribution in [0, 0.1) is 0 Å². The molecule has 0 saturated heterocycles. The van der Waals surface area contributed by atoms with E-state index in [-0.39, 0.29) is 17.3 Å². The average molecular weight is 336 g/mol. The Kier molecular flexibility index (Phi) is 9.58. The summed E-state index contributed by atoms with van der Waals surface area (Å²) in [6, 6.07) is 4.04. The van der Waals surface area contributed by atoms with Crippen molar-refractivity contribution in [2.24, 2.45) is 0 Å². The number of unbranched alkanes of at least 4 members (excludes halogenated alkanes) is 8. The maximum atomic E-state index is 12.1. The minimum atomic E-state index is -1.50. The van der Waals surface area contributed by atoms with Crippen molar-refractivity contribution in [2.45, 2.75) is 71.1 Å². The molecule has 0 unspecified atom stereocenters. The Morgan fingerprint density at radius 2 is 1.54 bits per heavy atom. The molecule has 0 aliphatic heterocycles. The molecule has 1 aromatic rings. The van der Waals surface area contributed by atoms with Crippen molar-refractivity contribution in [3.05, 3.63) is 23.8 Å². The topological polar surface area (TPSA) is 83.8 Å². The molecule has 0 bridgehead atoms. The number of hydrogen-bond donors (Lipinski definition) is 2. The van der Waals surface area contributed by atoms with Crippen LogP contribution in [0.5, 0.6) is 11.5 Å². The maximum absolute atomic E-state index is 12.1. The van der Waals surface area contributed by atoms with Gasteiger partial charge in [-0.3, -0.25) is 4.79 Å². The molecule has 0 aliphatic carbocycles. The van der Waals surface area contributed by atoms with Crippen molar-refractivity contribution in [2.75, 3.05) is 0 Å². The summed E-state index contributed by atoms with van der Waals surface area (Å²) in [6.45, 7) is 2.21. The van der Waals surface area contributed by atoms with Crippen LogP contribution in [0.2, 0.25) is 0 Å². The van der Waals surface area contributed by atoms with Gasteiger partial charge in [0.25, 0.3) is 0 Å². The van der Waals surface area contributed by atoms with Crippen molar-refractivity contribution < 1.29 is 24.5 Å². The predicted molar refractivity (Wildman–Crippen MR) is 92.9 cm³/mol. The lowest BCUT2D eigenvalue weighted by molar-refractivity contribution is 0.0978. The average Bonchev–Trinajstić information content (AvgIpc) is 2.54. The van der Waals surface area contributed by atoms with Gasteiger partial charge in [0, 0.05) is 12.0 Å². The Balaban J connectivity index is 2.23. The standard InChI is InChI=1S/C19H28O5/c1-2-3-4-5-6-7-8-9-10-11-16(20)15-12-13-18(17(21)14-15)24-19(22)23/h12-14,21H,2-11H2,1H3,(H,22,23). The van der Waals surface area contributed by atoms with Crippen LogP contribution >= 0.6 is 0 Å². The molecular formula is C19H28O5. The first-order valence-corrected chi connectivity index (χ1v) is 8.81. The van der Waals surface area contributed by atoms with E-state index in [1.165, 1.54) is 56.7 Å². The van der Waals surface area contributed by atoms with Crippen molar-refractivity contribution in [1.29, 1.82) is 0 Å². The summed E-state index contributed by atoms with van der Waals surface area (Å²) in [4.78, 5) is 22.5.